The van der Waals surface area contributed by atoms with Crippen molar-refractivity contribution < 1.29 is 4.74 Å². The van der Waals surface area contributed by atoms with E-state index >= 15 is 0 Å². The van der Waals surface area contributed by atoms with Crippen molar-refractivity contribution in [3.63, 3.8) is 0 Å². The molecule has 2 N–H and O–H groups in total. The number of nitrogens with zero attached hydrogens (tertiary/aromatic N) is 2. The number of hydrogen-bond donors (Lipinski definition) is 1. The van der Waals surface area contributed by atoms with E-state index < -0.39 is 0 Å². The van der Waals surface area contributed by atoms with Gasteiger partial charge in [-0.15, -0.1) is 0 Å². The summed E-state index contributed by atoms with van der Waals surface area (Å²) in [5.74, 6) is 1.20. The van der Waals surface area contributed by atoms with Gasteiger partial charge in [0.25, 0.3) is 0 Å². The number of nitrogen functional groups attached to an aromatic ring is 1. The highest BCUT2D eigenvalue weighted by Gasteiger charge is 2.15. The number of benzene rings is 1. The Morgan fingerprint density at radius 3 is 2.65 bits per heavy atom. The van der Waals surface area contributed by atoms with Gasteiger partial charge in [0.05, 0.1) is 12.8 Å². The van der Waals surface area contributed by atoms with E-state index in [0.29, 0.717) is 11.0 Å². The second-order valence-electron chi connectivity index (χ2n) is 3.81. The molecule has 0 aliphatic rings. The number of aromatic nitrogens is 2. The van der Waals surface area contributed by atoms with Gasteiger partial charge in [-0.25, -0.2) is 4.98 Å². The molecule has 1 aromatic heterocycles. The van der Waals surface area contributed by atoms with Crippen LogP contribution in [0.4, 0.5) is 5.95 Å². The van der Waals surface area contributed by atoms with Gasteiger partial charge in [-0.3, -0.25) is 0 Å². The standard InChI is InChI=1S/C12H14ClN3O/c1-7-11(15-12(14)16(7)2)9-6-8(13)4-5-10(9)17-3/h4-6H,1-3H3,(H2,14,15). The molecule has 0 aliphatic heterocycles. The second kappa shape index (κ2) is 4.30. The zero-order chi connectivity index (χ0) is 12.6. The molecular formula is C12H14ClN3O. The Labute approximate surface area is 105 Å². The van der Waals surface area contributed by atoms with Crippen LogP contribution in [-0.2, 0) is 7.05 Å². The van der Waals surface area contributed by atoms with Gasteiger partial charge in [0.1, 0.15) is 5.75 Å². The van der Waals surface area contributed by atoms with Crippen molar-refractivity contribution in [3.8, 4) is 17.0 Å². The first-order chi connectivity index (χ1) is 8.04. The van der Waals surface area contributed by atoms with E-state index in [1.54, 1.807) is 13.2 Å². The Kier molecular flexibility index (Phi) is 2.98. The minimum Gasteiger partial charge on any atom is -0.496 e. The van der Waals surface area contributed by atoms with Gasteiger partial charge in [0.2, 0.25) is 5.95 Å². The van der Waals surface area contributed by atoms with Crippen LogP contribution < -0.4 is 10.5 Å². The SMILES string of the molecule is COc1ccc(Cl)cc1-c1nc(N)n(C)c1C. The van der Waals surface area contributed by atoms with Crippen LogP contribution in [0.2, 0.25) is 5.02 Å². The second-order valence-corrected chi connectivity index (χ2v) is 4.24. The monoisotopic (exact) mass is 251 g/mol. The van der Waals surface area contributed by atoms with Crippen molar-refractivity contribution >= 4 is 17.5 Å². The van der Waals surface area contributed by atoms with Crippen molar-refractivity contribution in [1.82, 2.24) is 9.55 Å². The van der Waals surface area contributed by atoms with Gasteiger partial charge in [-0.1, -0.05) is 11.6 Å². The molecule has 0 fully saturated rings. The van der Waals surface area contributed by atoms with Crippen LogP contribution in [0.25, 0.3) is 11.3 Å². The van der Waals surface area contributed by atoms with Gasteiger partial charge >= 0.3 is 0 Å². The number of imidazole rings is 1. The molecule has 0 saturated carbocycles. The molecule has 17 heavy (non-hydrogen) atoms. The topological polar surface area (TPSA) is 53.1 Å². The van der Waals surface area contributed by atoms with Crippen LogP contribution >= 0.6 is 11.6 Å². The predicted molar refractivity (Wildman–Crippen MR) is 69.4 cm³/mol. The largest absolute Gasteiger partial charge is 0.496 e. The van der Waals surface area contributed by atoms with E-state index in [2.05, 4.69) is 4.98 Å². The van der Waals surface area contributed by atoms with Gasteiger partial charge in [0.15, 0.2) is 0 Å². The first-order valence-corrected chi connectivity index (χ1v) is 5.55. The third-order valence-corrected chi connectivity index (χ3v) is 3.07. The normalized spacial score (nSPS) is 10.6. The minimum absolute atomic E-state index is 0.472. The minimum atomic E-state index is 0.472. The van der Waals surface area contributed by atoms with E-state index in [0.717, 1.165) is 22.7 Å². The lowest BCUT2D eigenvalue weighted by Crippen LogP contribution is -1.97. The van der Waals surface area contributed by atoms with E-state index in [1.165, 1.54) is 0 Å². The molecule has 1 aromatic carbocycles. The summed E-state index contributed by atoms with van der Waals surface area (Å²) in [5, 5.41) is 0.643. The summed E-state index contributed by atoms with van der Waals surface area (Å²) in [7, 11) is 3.49. The number of anilines is 1. The summed E-state index contributed by atoms with van der Waals surface area (Å²) in [5.41, 5.74) is 8.41. The van der Waals surface area contributed by atoms with Crippen molar-refractivity contribution in [2.75, 3.05) is 12.8 Å². The molecule has 0 atom stereocenters. The lowest BCUT2D eigenvalue weighted by Gasteiger charge is -2.07. The number of nitrogens with two attached hydrogens (primary N) is 1. The Morgan fingerprint density at radius 1 is 1.41 bits per heavy atom. The number of methoxy groups -OCH3 is 1. The summed E-state index contributed by atoms with van der Waals surface area (Å²) < 4.78 is 7.14. The molecule has 0 radical (unpaired) electrons. The molecule has 2 aromatic rings. The Balaban J connectivity index is 2.67. The lowest BCUT2D eigenvalue weighted by atomic mass is 10.1. The maximum absolute atomic E-state index is 6.00. The molecular weight excluding hydrogens is 238 g/mol. The summed E-state index contributed by atoms with van der Waals surface area (Å²) in [6.07, 6.45) is 0. The summed E-state index contributed by atoms with van der Waals surface area (Å²) >= 11 is 6.00. The summed E-state index contributed by atoms with van der Waals surface area (Å²) in [6, 6.07) is 5.43. The molecule has 0 spiro atoms. The van der Waals surface area contributed by atoms with E-state index in [9.17, 15) is 0 Å². The third-order valence-electron chi connectivity index (χ3n) is 2.83. The number of halogens is 1. The van der Waals surface area contributed by atoms with Crippen LogP contribution in [-0.4, -0.2) is 16.7 Å². The Morgan fingerprint density at radius 2 is 2.12 bits per heavy atom. The summed E-state index contributed by atoms with van der Waals surface area (Å²) in [6.45, 7) is 1.96. The van der Waals surface area contributed by atoms with E-state index in [-0.39, 0.29) is 0 Å². The van der Waals surface area contributed by atoms with E-state index in [1.807, 2.05) is 30.7 Å². The quantitative estimate of drug-likeness (QED) is 0.893. The van der Waals surface area contributed by atoms with Crippen LogP contribution in [0.15, 0.2) is 18.2 Å². The van der Waals surface area contributed by atoms with Gasteiger partial charge in [-0.2, -0.15) is 0 Å². The third kappa shape index (κ3) is 1.96. The average Bonchev–Trinajstić information content (AvgIpc) is 2.57. The molecule has 0 aliphatic carbocycles. The van der Waals surface area contributed by atoms with Crippen molar-refractivity contribution in [3.05, 3.63) is 28.9 Å². The zero-order valence-corrected chi connectivity index (χ0v) is 10.7. The fraction of sp³-hybridized carbons (Fsp3) is 0.250. The van der Waals surface area contributed by atoms with Crippen LogP contribution in [0.3, 0.4) is 0 Å². The molecule has 0 bridgehead atoms. The maximum Gasteiger partial charge on any atom is 0.200 e. The molecule has 1 heterocycles. The van der Waals surface area contributed by atoms with Crippen molar-refractivity contribution in [1.29, 1.82) is 0 Å². The maximum atomic E-state index is 6.00. The molecule has 2 rings (SSSR count). The predicted octanol–water partition coefficient (Wildman–Crippen LogP) is 2.64. The van der Waals surface area contributed by atoms with Gasteiger partial charge in [-0.05, 0) is 25.1 Å². The van der Waals surface area contributed by atoms with Gasteiger partial charge in [0, 0.05) is 23.3 Å². The van der Waals surface area contributed by atoms with Crippen LogP contribution in [0.1, 0.15) is 5.69 Å². The average molecular weight is 252 g/mol. The zero-order valence-electron chi connectivity index (χ0n) is 9.99. The summed E-state index contributed by atoms with van der Waals surface area (Å²) in [4.78, 5) is 4.33. The number of ether oxygens (including phenoxy) is 1. The molecule has 0 amide bonds. The Hall–Kier alpha value is -1.68. The number of hydrogen-bond acceptors (Lipinski definition) is 3. The highest BCUT2D eigenvalue weighted by Crippen LogP contribution is 2.34. The Bertz CT molecular complexity index is 563. The lowest BCUT2D eigenvalue weighted by molar-refractivity contribution is 0.416. The highest BCUT2D eigenvalue weighted by atomic mass is 35.5. The molecule has 0 unspecified atom stereocenters. The van der Waals surface area contributed by atoms with Crippen molar-refractivity contribution in [2.45, 2.75) is 6.92 Å². The molecule has 90 valence electrons. The first-order valence-electron chi connectivity index (χ1n) is 5.17. The molecule has 4 nitrogen and oxygen atoms in total. The molecule has 5 heteroatoms. The fourth-order valence-corrected chi connectivity index (χ4v) is 1.89. The van der Waals surface area contributed by atoms with Crippen LogP contribution in [0.5, 0.6) is 5.75 Å². The van der Waals surface area contributed by atoms with Gasteiger partial charge < -0.3 is 15.0 Å². The number of rotatable bonds is 2. The first kappa shape index (κ1) is 11.8. The fourth-order valence-electron chi connectivity index (χ4n) is 1.72. The van der Waals surface area contributed by atoms with E-state index in [4.69, 9.17) is 22.1 Å². The molecule has 0 saturated heterocycles. The van der Waals surface area contributed by atoms with Crippen molar-refractivity contribution in [2.24, 2.45) is 7.05 Å². The highest BCUT2D eigenvalue weighted by molar-refractivity contribution is 6.31. The van der Waals surface area contributed by atoms with Crippen LogP contribution in [0, 0.1) is 6.92 Å². The smallest absolute Gasteiger partial charge is 0.200 e.